The van der Waals surface area contributed by atoms with Crippen LogP contribution < -0.4 is 15.4 Å². The lowest BCUT2D eigenvalue weighted by Crippen LogP contribution is -2.28. The Kier molecular flexibility index (Phi) is 6.87. The van der Waals surface area contributed by atoms with E-state index in [1.807, 2.05) is 31.2 Å². The van der Waals surface area contributed by atoms with E-state index in [4.69, 9.17) is 4.74 Å². The minimum Gasteiger partial charge on any atom is -0.494 e. The first-order valence-corrected chi connectivity index (χ1v) is 6.49. The maximum Gasteiger partial charge on any atom is 0.238 e. The molecule has 0 heterocycles. The molecule has 0 bridgehead atoms. The highest BCUT2D eigenvalue weighted by molar-refractivity contribution is 5.92. The smallest absolute Gasteiger partial charge is 0.238 e. The highest BCUT2D eigenvalue weighted by Crippen LogP contribution is 2.16. The molecule has 2 N–H and O–H groups in total. The quantitative estimate of drug-likeness (QED) is 0.697. The van der Waals surface area contributed by atoms with Crippen LogP contribution >= 0.6 is 0 Å². The van der Waals surface area contributed by atoms with Gasteiger partial charge < -0.3 is 15.4 Å². The van der Waals surface area contributed by atoms with Crippen LogP contribution in [0, 0.1) is 0 Å². The van der Waals surface area contributed by atoms with Gasteiger partial charge in [0.15, 0.2) is 0 Å². The second-order valence-corrected chi connectivity index (χ2v) is 4.04. The van der Waals surface area contributed by atoms with E-state index in [-0.39, 0.29) is 5.91 Å². The average molecular weight is 250 g/mol. The highest BCUT2D eigenvalue weighted by Gasteiger charge is 2.02. The molecule has 1 rings (SSSR count). The highest BCUT2D eigenvalue weighted by atomic mass is 16.5. The van der Waals surface area contributed by atoms with E-state index in [1.165, 1.54) is 0 Å². The molecular formula is C14H22N2O2. The summed E-state index contributed by atoms with van der Waals surface area (Å²) < 4.78 is 5.37. The van der Waals surface area contributed by atoms with E-state index < -0.39 is 0 Å². The fourth-order valence-electron chi connectivity index (χ4n) is 1.54. The molecule has 0 aromatic heterocycles. The standard InChI is InChI=1S/C14H22N2O2/c1-3-5-9-15-11-14(17)16-12-7-6-8-13(10-12)18-4-2/h6-8,10,15H,3-5,9,11H2,1-2H3,(H,16,17). The molecule has 0 unspecified atom stereocenters. The van der Waals surface area contributed by atoms with Gasteiger partial charge in [0.25, 0.3) is 0 Å². The van der Waals surface area contributed by atoms with Crippen LogP contribution in [0.2, 0.25) is 0 Å². The lowest BCUT2D eigenvalue weighted by atomic mass is 10.3. The molecule has 1 aromatic carbocycles. The maximum atomic E-state index is 11.6. The van der Waals surface area contributed by atoms with Crippen molar-refractivity contribution in [3.8, 4) is 5.75 Å². The van der Waals surface area contributed by atoms with Gasteiger partial charge in [-0.3, -0.25) is 4.79 Å². The van der Waals surface area contributed by atoms with Crippen LogP contribution in [-0.4, -0.2) is 25.6 Å². The van der Waals surface area contributed by atoms with Gasteiger partial charge in [-0.25, -0.2) is 0 Å². The Bertz CT molecular complexity index is 367. The Hall–Kier alpha value is -1.55. The molecule has 0 saturated carbocycles. The van der Waals surface area contributed by atoms with Gasteiger partial charge in [0.05, 0.1) is 13.2 Å². The van der Waals surface area contributed by atoms with Crippen LogP contribution in [0.15, 0.2) is 24.3 Å². The molecular weight excluding hydrogens is 228 g/mol. The lowest BCUT2D eigenvalue weighted by molar-refractivity contribution is -0.115. The first-order chi connectivity index (χ1) is 8.76. The zero-order valence-corrected chi connectivity index (χ0v) is 11.2. The molecule has 0 aliphatic rings. The summed E-state index contributed by atoms with van der Waals surface area (Å²) in [5.41, 5.74) is 0.767. The molecule has 0 atom stereocenters. The monoisotopic (exact) mass is 250 g/mol. The number of anilines is 1. The average Bonchev–Trinajstić information content (AvgIpc) is 2.35. The Morgan fingerprint density at radius 2 is 2.17 bits per heavy atom. The number of nitrogens with one attached hydrogen (secondary N) is 2. The summed E-state index contributed by atoms with van der Waals surface area (Å²) in [5.74, 6) is 0.744. The van der Waals surface area contributed by atoms with Crippen LogP contribution in [0.5, 0.6) is 5.75 Å². The molecule has 0 fully saturated rings. The van der Waals surface area contributed by atoms with Crippen LogP contribution in [0.1, 0.15) is 26.7 Å². The number of carbonyl (C=O) groups is 1. The number of rotatable bonds is 8. The molecule has 0 saturated heterocycles. The summed E-state index contributed by atoms with van der Waals surface area (Å²) in [6, 6.07) is 7.42. The molecule has 100 valence electrons. The molecule has 0 spiro atoms. The van der Waals surface area contributed by atoms with E-state index in [9.17, 15) is 4.79 Å². The van der Waals surface area contributed by atoms with Gasteiger partial charge in [-0.2, -0.15) is 0 Å². The molecule has 1 amide bonds. The van der Waals surface area contributed by atoms with Gasteiger partial charge >= 0.3 is 0 Å². The number of hydrogen-bond donors (Lipinski definition) is 2. The third kappa shape index (κ3) is 5.68. The van der Waals surface area contributed by atoms with Crippen molar-refractivity contribution >= 4 is 11.6 Å². The number of hydrogen-bond acceptors (Lipinski definition) is 3. The van der Waals surface area contributed by atoms with E-state index in [0.717, 1.165) is 30.8 Å². The Balaban J connectivity index is 2.36. The van der Waals surface area contributed by atoms with Gasteiger partial charge in [0.2, 0.25) is 5.91 Å². The van der Waals surface area contributed by atoms with E-state index in [1.54, 1.807) is 0 Å². The molecule has 18 heavy (non-hydrogen) atoms. The van der Waals surface area contributed by atoms with Crippen molar-refractivity contribution in [1.82, 2.24) is 5.32 Å². The number of carbonyl (C=O) groups excluding carboxylic acids is 1. The normalized spacial score (nSPS) is 10.1. The maximum absolute atomic E-state index is 11.6. The third-order valence-electron chi connectivity index (χ3n) is 2.42. The summed E-state index contributed by atoms with van der Waals surface area (Å²) in [6.07, 6.45) is 2.22. The van der Waals surface area contributed by atoms with Gasteiger partial charge in [-0.15, -0.1) is 0 Å². The van der Waals surface area contributed by atoms with Gasteiger partial charge in [0.1, 0.15) is 5.75 Å². The number of unbranched alkanes of at least 4 members (excludes halogenated alkanes) is 1. The molecule has 0 aliphatic carbocycles. The Labute approximate surface area is 109 Å². The minimum absolute atomic E-state index is 0.0280. The number of amides is 1. The van der Waals surface area contributed by atoms with Crippen LogP contribution in [0.25, 0.3) is 0 Å². The third-order valence-corrected chi connectivity index (χ3v) is 2.42. The van der Waals surface area contributed by atoms with Crippen molar-refractivity contribution in [2.45, 2.75) is 26.7 Å². The summed E-state index contributed by atoms with van der Waals surface area (Å²) in [7, 11) is 0. The minimum atomic E-state index is -0.0280. The second kappa shape index (κ2) is 8.53. The van der Waals surface area contributed by atoms with Crippen LogP contribution in [-0.2, 0) is 4.79 Å². The molecule has 4 nitrogen and oxygen atoms in total. The first kappa shape index (κ1) is 14.5. The fraction of sp³-hybridized carbons (Fsp3) is 0.500. The lowest BCUT2D eigenvalue weighted by Gasteiger charge is -2.08. The van der Waals surface area contributed by atoms with E-state index in [0.29, 0.717) is 13.2 Å². The van der Waals surface area contributed by atoms with Gasteiger partial charge in [0, 0.05) is 11.8 Å². The van der Waals surface area contributed by atoms with Gasteiger partial charge in [-0.05, 0) is 32.0 Å². The zero-order valence-electron chi connectivity index (χ0n) is 11.2. The summed E-state index contributed by atoms with van der Waals surface area (Å²) in [4.78, 5) is 11.6. The predicted octanol–water partition coefficient (Wildman–Crippen LogP) is 2.41. The van der Waals surface area contributed by atoms with Crippen LogP contribution in [0.3, 0.4) is 0 Å². The summed E-state index contributed by atoms with van der Waals surface area (Å²) in [6.45, 7) is 5.90. The Morgan fingerprint density at radius 1 is 1.33 bits per heavy atom. The second-order valence-electron chi connectivity index (χ2n) is 4.04. The van der Waals surface area contributed by atoms with Crippen molar-refractivity contribution in [2.24, 2.45) is 0 Å². The largest absolute Gasteiger partial charge is 0.494 e. The molecule has 1 aromatic rings. The zero-order chi connectivity index (χ0) is 13.2. The first-order valence-electron chi connectivity index (χ1n) is 6.49. The summed E-state index contributed by atoms with van der Waals surface area (Å²) in [5, 5.41) is 5.94. The van der Waals surface area contributed by atoms with Crippen LogP contribution in [0.4, 0.5) is 5.69 Å². The molecule has 0 aliphatic heterocycles. The fourth-order valence-corrected chi connectivity index (χ4v) is 1.54. The van der Waals surface area contributed by atoms with Crippen molar-refractivity contribution in [1.29, 1.82) is 0 Å². The van der Waals surface area contributed by atoms with Crippen molar-refractivity contribution in [3.05, 3.63) is 24.3 Å². The summed E-state index contributed by atoms with van der Waals surface area (Å²) >= 11 is 0. The number of ether oxygens (including phenoxy) is 1. The van der Waals surface area contributed by atoms with Gasteiger partial charge in [-0.1, -0.05) is 19.4 Å². The van der Waals surface area contributed by atoms with E-state index in [2.05, 4.69) is 17.6 Å². The molecule has 4 heteroatoms. The topological polar surface area (TPSA) is 50.4 Å². The van der Waals surface area contributed by atoms with Crippen molar-refractivity contribution < 1.29 is 9.53 Å². The van der Waals surface area contributed by atoms with E-state index >= 15 is 0 Å². The predicted molar refractivity (Wildman–Crippen MR) is 74.0 cm³/mol. The number of benzene rings is 1. The van der Waals surface area contributed by atoms with Crippen molar-refractivity contribution in [3.63, 3.8) is 0 Å². The Morgan fingerprint density at radius 3 is 2.89 bits per heavy atom. The van der Waals surface area contributed by atoms with Crippen molar-refractivity contribution in [2.75, 3.05) is 25.0 Å². The SMILES string of the molecule is CCCCNCC(=O)Nc1cccc(OCC)c1. The molecule has 0 radical (unpaired) electrons.